The number of nitro groups is 1. The third kappa shape index (κ3) is 3.54. The van der Waals surface area contributed by atoms with Crippen LogP contribution in [0.3, 0.4) is 0 Å². The van der Waals surface area contributed by atoms with Crippen molar-refractivity contribution in [2.24, 2.45) is 0 Å². The van der Waals surface area contributed by atoms with Gasteiger partial charge in [0.1, 0.15) is 6.04 Å². The van der Waals surface area contributed by atoms with Crippen LogP contribution in [0.2, 0.25) is 0 Å². The van der Waals surface area contributed by atoms with E-state index in [-0.39, 0.29) is 11.7 Å². The molecule has 6 heteroatoms. The van der Waals surface area contributed by atoms with E-state index < -0.39 is 16.9 Å². The lowest BCUT2D eigenvalue weighted by molar-refractivity contribution is -0.385. The molecule has 0 heterocycles. The highest BCUT2D eigenvalue weighted by Gasteiger charge is 2.27. The average molecular weight is 280 g/mol. The molecule has 2 unspecified atom stereocenters. The second-order valence-corrected chi connectivity index (χ2v) is 4.70. The van der Waals surface area contributed by atoms with Crippen molar-refractivity contribution in [2.45, 2.75) is 38.8 Å². The van der Waals surface area contributed by atoms with Crippen LogP contribution < -0.4 is 0 Å². The minimum atomic E-state index is -0.876. The molecule has 0 spiro atoms. The summed E-state index contributed by atoms with van der Waals surface area (Å²) in [7, 11) is 1.75. The molecule has 0 saturated heterocycles. The Morgan fingerprint density at radius 2 is 2.05 bits per heavy atom. The smallest absolute Gasteiger partial charge is 0.320 e. The minimum absolute atomic E-state index is 0.0257. The molecule has 0 bridgehead atoms. The number of carboxylic acids is 1. The second kappa shape index (κ2) is 7.00. The van der Waals surface area contributed by atoms with Crippen molar-refractivity contribution in [3.05, 3.63) is 39.9 Å². The highest BCUT2D eigenvalue weighted by Crippen LogP contribution is 2.28. The summed E-state index contributed by atoms with van der Waals surface area (Å²) in [5.74, 6) is -0.876. The Morgan fingerprint density at radius 3 is 2.50 bits per heavy atom. The zero-order chi connectivity index (χ0) is 15.3. The monoisotopic (exact) mass is 280 g/mol. The summed E-state index contributed by atoms with van der Waals surface area (Å²) < 4.78 is 0. The molecule has 1 rings (SSSR count). The van der Waals surface area contributed by atoms with E-state index in [0.717, 1.165) is 5.56 Å². The molecule has 0 saturated carbocycles. The number of likely N-dealkylation sites (N-methyl/N-ethyl adjacent to an activating group) is 1. The molecule has 0 aliphatic rings. The Kier molecular flexibility index (Phi) is 5.64. The van der Waals surface area contributed by atoms with Crippen molar-refractivity contribution in [1.29, 1.82) is 0 Å². The molecular weight excluding hydrogens is 260 g/mol. The number of hydrogen-bond acceptors (Lipinski definition) is 4. The Labute approximate surface area is 118 Å². The van der Waals surface area contributed by atoms with Crippen LogP contribution in [0.4, 0.5) is 5.69 Å². The number of carbonyl (C=O) groups is 1. The van der Waals surface area contributed by atoms with Gasteiger partial charge in [0.25, 0.3) is 5.69 Å². The van der Waals surface area contributed by atoms with Crippen LogP contribution in [0, 0.1) is 10.1 Å². The zero-order valence-corrected chi connectivity index (χ0v) is 11.9. The Morgan fingerprint density at radius 1 is 1.40 bits per heavy atom. The first kappa shape index (κ1) is 16.1. The van der Waals surface area contributed by atoms with Gasteiger partial charge in [-0.05, 0) is 25.5 Å². The summed E-state index contributed by atoms with van der Waals surface area (Å²) in [6.45, 7) is 3.75. The number of nitro benzene ring substituents is 1. The van der Waals surface area contributed by atoms with Crippen molar-refractivity contribution in [2.75, 3.05) is 7.05 Å². The SMILES string of the molecule is CCC(C(=O)O)N(C)C(CC)c1cccc([N+](=O)[O-])c1. The predicted molar refractivity (Wildman–Crippen MR) is 75.6 cm³/mol. The van der Waals surface area contributed by atoms with Gasteiger partial charge in [-0.2, -0.15) is 0 Å². The number of carboxylic acid groups (broad SMARTS) is 1. The number of hydrogen-bond donors (Lipinski definition) is 1. The maximum atomic E-state index is 11.2. The molecule has 0 aromatic heterocycles. The molecule has 0 fully saturated rings. The topological polar surface area (TPSA) is 83.7 Å². The van der Waals surface area contributed by atoms with Crippen LogP contribution in [0.5, 0.6) is 0 Å². The van der Waals surface area contributed by atoms with E-state index in [1.165, 1.54) is 12.1 Å². The first-order chi connectivity index (χ1) is 9.42. The van der Waals surface area contributed by atoms with Crippen LogP contribution in [-0.2, 0) is 4.79 Å². The van der Waals surface area contributed by atoms with E-state index in [1.807, 2.05) is 13.8 Å². The summed E-state index contributed by atoms with van der Waals surface area (Å²) in [5.41, 5.74) is 0.793. The summed E-state index contributed by atoms with van der Waals surface area (Å²) in [6, 6.07) is 5.62. The molecule has 1 aromatic carbocycles. The highest BCUT2D eigenvalue weighted by atomic mass is 16.6. The van der Waals surface area contributed by atoms with Crippen LogP contribution in [0.15, 0.2) is 24.3 Å². The van der Waals surface area contributed by atoms with E-state index >= 15 is 0 Å². The van der Waals surface area contributed by atoms with Gasteiger partial charge in [0.2, 0.25) is 0 Å². The first-order valence-electron chi connectivity index (χ1n) is 6.61. The molecule has 0 aliphatic carbocycles. The van der Waals surface area contributed by atoms with Crippen molar-refractivity contribution in [3.63, 3.8) is 0 Å². The number of aliphatic carboxylic acids is 1. The van der Waals surface area contributed by atoms with Crippen molar-refractivity contribution in [1.82, 2.24) is 4.90 Å². The third-order valence-electron chi connectivity index (χ3n) is 3.51. The van der Waals surface area contributed by atoms with Crippen molar-refractivity contribution >= 4 is 11.7 Å². The highest BCUT2D eigenvalue weighted by molar-refractivity contribution is 5.73. The van der Waals surface area contributed by atoms with Gasteiger partial charge in [-0.1, -0.05) is 26.0 Å². The quantitative estimate of drug-likeness (QED) is 0.613. The maximum absolute atomic E-state index is 11.2. The summed E-state index contributed by atoms with van der Waals surface area (Å²) in [6.07, 6.45) is 1.17. The van der Waals surface area contributed by atoms with Crippen LogP contribution in [-0.4, -0.2) is 34.0 Å². The van der Waals surface area contributed by atoms with E-state index in [4.69, 9.17) is 0 Å². The molecule has 0 radical (unpaired) electrons. The fraction of sp³-hybridized carbons (Fsp3) is 0.500. The van der Waals surface area contributed by atoms with Crippen molar-refractivity contribution in [3.8, 4) is 0 Å². The molecule has 1 N–H and O–H groups in total. The number of rotatable bonds is 7. The number of non-ortho nitro benzene ring substituents is 1. The molecule has 6 nitrogen and oxygen atoms in total. The van der Waals surface area contributed by atoms with E-state index in [9.17, 15) is 20.0 Å². The summed E-state index contributed by atoms with van der Waals surface area (Å²) >= 11 is 0. The van der Waals surface area contributed by atoms with Gasteiger partial charge in [0.05, 0.1) is 4.92 Å². The van der Waals surface area contributed by atoms with Crippen LogP contribution >= 0.6 is 0 Å². The fourth-order valence-electron chi connectivity index (χ4n) is 2.46. The van der Waals surface area contributed by atoms with Gasteiger partial charge in [-0.15, -0.1) is 0 Å². The van der Waals surface area contributed by atoms with E-state index in [1.54, 1.807) is 24.1 Å². The Balaban J connectivity index is 3.09. The van der Waals surface area contributed by atoms with Crippen LogP contribution in [0.1, 0.15) is 38.3 Å². The summed E-state index contributed by atoms with van der Waals surface area (Å²) in [5, 5.41) is 20.1. The standard InChI is InChI=1S/C14H20N2O4/c1-4-12(15(3)13(5-2)14(17)18)10-7-6-8-11(9-10)16(19)20/h6-9,12-13H,4-5H2,1-3H3,(H,17,18). The van der Waals surface area contributed by atoms with Crippen LogP contribution in [0.25, 0.3) is 0 Å². The normalized spacial score (nSPS) is 14.0. The van der Waals surface area contributed by atoms with E-state index in [0.29, 0.717) is 12.8 Å². The molecule has 110 valence electrons. The largest absolute Gasteiger partial charge is 0.480 e. The Hall–Kier alpha value is -1.95. The fourth-order valence-corrected chi connectivity index (χ4v) is 2.46. The maximum Gasteiger partial charge on any atom is 0.320 e. The lowest BCUT2D eigenvalue weighted by Gasteiger charge is -2.32. The van der Waals surface area contributed by atoms with Gasteiger partial charge >= 0.3 is 5.97 Å². The predicted octanol–water partition coefficient (Wildman–Crippen LogP) is 2.84. The van der Waals surface area contributed by atoms with Gasteiger partial charge in [-0.3, -0.25) is 19.8 Å². The molecule has 0 aliphatic heterocycles. The van der Waals surface area contributed by atoms with Gasteiger partial charge in [0.15, 0.2) is 0 Å². The molecule has 2 atom stereocenters. The number of benzene rings is 1. The average Bonchev–Trinajstić information content (AvgIpc) is 2.40. The molecule has 1 aromatic rings. The Bertz CT molecular complexity index is 490. The summed E-state index contributed by atoms with van der Waals surface area (Å²) in [4.78, 5) is 23.4. The third-order valence-corrected chi connectivity index (χ3v) is 3.51. The van der Waals surface area contributed by atoms with Crippen molar-refractivity contribution < 1.29 is 14.8 Å². The van der Waals surface area contributed by atoms with Gasteiger partial charge < -0.3 is 5.11 Å². The zero-order valence-electron chi connectivity index (χ0n) is 11.9. The lowest BCUT2D eigenvalue weighted by Crippen LogP contribution is -2.40. The number of nitrogens with zero attached hydrogens (tertiary/aromatic N) is 2. The lowest BCUT2D eigenvalue weighted by atomic mass is 10.00. The minimum Gasteiger partial charge on any atom is -0.480 e. The second-order valence-electron chi connectivity index (χ2n) is 4.70. The first-order valence-corrected chi connectivity index (χ1v) is 6.61. The molecule has 0 amide bonds. The van der Waals surface area contributed by atoms with Gasteiger partial charge in [-0.25, -0.2) is 0 Å². The molecular formula is C14H20N2O4. The van der Waals surface area contributed by atoms with E-state index in [2.05, 4.69) is 0 Å². The molecule has 20 heavy (non-hydrogen) atoms. The van der Waals surface area contributed by atoms with Gasteiger partial charge in [0, 0.05) is 18.2 Å².